The highest BCUT2D eigenvalue weighted by atomic mass is 32.2. The summed E-state index contributed by atoms with van der Waals surface area (Å²) in [4.78, 5) is -0.288. The average molecular weight is 288 g/mol. The van der Waals surface area contributed by atoms with E-state index in [0.717, 1.165) is 19.3 Å². The van der Waals surface area contributed by atoms with Crippen LogP contribution in [0.3, 0.4) is 0 Å². The fourth-order valence-electron chi connectivity index (χ4n) is 1.74. The predicted octanol–water partition coefficient (Wildman–Crippen LogP) is 2.01. The Labute approximate surface area is 114 Å². The Morgan fingerprint density at radius 2 is 2.00 bits per heavy atom. The van der Waals surface area contributed by atoms with Crippen LogP contribution in [0.4, 0.5) is 4.39 Å². The molecule has 2 N–H and O–H groups in total. The smallest absolute Gasteiger partial charge is 0.243 e. The summed E-state index contributed by atoms with van der Waals surface area (Å²) in [7, 11) is -2.00. The van der Waals surface area contributed by atoms with Crippen molar-refractivity contribution < 1.29 is 12.8 Å². The van der Waals surface area contributed by atoms with Gasteiger partial charge in [-0.1, -0.05) is 25.8 Å². The molecule has 0 spiro atoms. The zero-order valence-electron chi connectivity index (χ0n) is 11.4. The van der Waals surface area contributed by atoms with Crippen LogP contribution in [-0.4, -0.2) is 22.0 Å². The molecule has 0 unspecified atom stereocenters. The lowest BCUT2D eigenvalue weighted by molar-refractivity contribution is 0.552. The SMILES string of the molecule is CCCCCNS(=O)(=O)c1ccc(CNC)cc1F. The molecule has 0 bridgehead atoms. The van der Waals surface area contributed by atoms with Crippen LogP contribution in [0.15, 0.2) is 23.1 Å². The third kappa shape index (κ3) is 4.89. The predicted molar refractivity (Wildman–Crippen MR) is 73.9 cm³/mol. The molecule has 0 aliphatic carbocycles. The number of nitrogens with one attached hydrogen (secondary N) is 2. The number of halogens is 1. The van der Waals surface area contributed by atoms with Gasteiger partial charge in [0.25, 0.3) is 0 Å². The molecule has 0 radical (unpaired) electrons. The van der Waals surface area contributed by atoms with Crippen molar-refractivity contribution in [3.63, 3.8) is 0 Å². The molecular weight excluding hydrogens is 267 g/mol. The highest BCUT2D eigenvalue weighted by Gasteiger charge is 2.18. The Morgan fingerprint density at radius 3 is 2.58 bits per heavy atom. The molecular formula is C13H21FN2O2S. The van der Waals surface area contributed by atoms with Gasteiger partial charge < -0.3 is 5.32 Å². The summed E-state index contributed by atoms with van der Waals surface area (Å²) in [5.41, 5.74) is 0.713. The summed E-state index contributed by atoms with van der Waals surface area (Å²) in [5.74, 6) is -0.712. The first-order valence-corrected chi connectivity index (χ1v) is 7.92. The van der Waals surface area contributed by atoms with Crippen molar-refractivity contribution in [3.8, 4) is 0 Å². The van der Waals surface area contributed by atoms with E-state index in [2.05, 4.69) is 10.0 Å². The second-order valence-corrected chi connectivity index (χ2v) is 6.14. The van der Waals surface area contributed by atoms with E-state index in [1.807, 2.05) is 6.92 Å². The fraction of sp³-hybridized carbons (Fsp3) is 0.538. The topological polar surface area (TPSA) is 58.2 Å². The molecule has 0 atom stereocenters. The maximum absolute atomic E-state index is 13.8. The fourth-order valence-corrected chi connectivity index (χ4v) is 2.87. The van der Waals surface area contributed by atoms with E-state index in [9.17, 15) is 12.8 Å². The molecule has 19 heavy (non-hydrogen) atoms. The number of unbranched alkanes of at least 4 members (excludes halogenated alkanes) is 2. The van der Waals surface area contributed by atoms with Gasteiger partial charge in [0.1, 0.15) is 10.7 Å². The standard InChI is InChI=1S/C13H21FN2O2S/c1-3-4-5-8-16-19(17,18)13-7-6-11(10-15-2)9-12(13)14/h6-7,9,15-16H,3-5,8,10H2,1-2H3. The second-order valence-electron chi connectivity index (χ2n) is 4.40. The van der Waals surface area contributed by atoms with Crippen molar-refractivity contribution in [1.82, 2.24) is 10.0 Å². The van der Waals surface area contributed by atoms with Crippen molar-refractivity contribution in [1.29, 1.82) is 0 Å². The summed E-state index contributed by atoms with van der Waals surface area (Å²) in [6, 6.07) is 4.17. The van der Waals surface area contributed by atoms with Crippen LogP contribution in [0.5, 0.6) is 0 Å². The summed E-state index contributed by atoms with van der Waals surface area (Å²) < 4.78 is 40.1. The maximum Gasteiger partial charge on any atom is 0.243 e. The van der Waals surface area contributed by atoms with Gasteiger partial charge >= 0.3 is 0 Å². The lowest BCUT2D eigenvalue weighted by Gasteiger charge is -2.08. The lowest BCUT2D eigenvalue weighted by atomic mass is 10.2. The second kappa shape index (κ2) is 7.57. The third-order valence-corrected chi connectivity index (χ3v) is 4.23. The molecule has 4 nitrogen and oxygen atoms in total. The van der Waals surface area contributed by atoms with Crippen LogP contribution in [0, 0.1) is 5.82 Å². The monoisotopic (exact) mass is 288 g/mol. The molecule has 0 aliphatic heterocycles. The number of hydrogen-bond donors (Lipinski definition) is 2. The Balaban J connectivity index is 2.77. The number of rotatable bonds is 8. The molecule has 0 aromatic heterocycles. The molecule has 0 aliphatic rings. The zero-order valence-corrected chi connectivity index (χ0v) is 12.2. The van der Waals surface area contributed by atoms with E-state index in [0.29, 0.717) is 18.7 Å². The van der Waals surface area contributed by atoms with E-state index in [-0.39, 0.29) is 4.90 Å². The first kappa shape index (κ1) is 16.1. The first-order valence-electron chi connectivity index (χ1n) is 6.44. The van der Waals surface area contributed by atoms with E-state index in [1.165, 1.54) is 12.1 Å². The summed E-state index contributed by atoms with van der Waals surface area (Å²) in [6.07, 6.45) is 2.72. The Bertz CT molecular complexity index is 503. The lowest BCUT2D eigenvalue weighted by Crippen LogP contribution is -2.25. The van der Waals surface area contributed by atoms with Gasteiger partial charge in [-0.15, -0.1) is 0 Å². The van der Waals surface area contributed by atoms with Crippen LogP contribution in [0.2, 0.25) is 0 Å². The number of hydrogen-bond acceptors (Lipinski definition) is 3. The highest BCUT2D eigenvalue weighted by Crippen LogP contribution is 2.16. The molecule has 0 fully saturated rings. The Kier molecular flexibility index (Phi) is 6.41. The Morgan fingerprint density at radius 1 is 1.26 bits per heavy atom. The van der Waals surface area contributed by atoms with Crippen LogP contribution in [-0.2, 0) is 16.6 Å². The van der Waals surface area contributed by atoms with E-state index in [4.69, 9.17) is 0 Å². The van der Waals surface area contributed by atoms with Gasteiger partial charge in [0.15, 0.2) is 0 Å². The van der Waals surface area contributed by atoms with Crippen LogP contribution in [0.1, 0.15) is 31.7 Å². The molecule has 0 saturated heterocycles. The molecule has 1 aromatic rings. The third-order valence-electron chi connectivity index (χ3n) is 2.74. The quantitative estimate of drug-likeness (QED) is 0.720. The van der Waals surface area contributed by atoms with Gasteiger partial charge in [0.05, 0.1) is 0 Å². The van der Waals surface area contributed by atoms with Gasteiger partial charge in [-0.25, -0.2) is 17.5 Å². The molecule has 108 valence electrons. The van der Waals surface area contributed by atoms with Gasteiger partial charge in [-0.05, 0) is 31.2 Å². The van der Waals surface area contributed by atoms with Crippen molar-refractivity contribution in [2.75, 3.05) is 13.6 Å². The minimum absolute atomic E-state index is 0.288. The summed E-state index contributed by atoms with van der Waals surface area (Å²) in [6.45, 7) is 2.88. The van der Waals surface area contributed by atoms with Crippen LogP contribution in [0.25, 0.3) is 0 Å². The highest BCUT2D eigenvalue weighted by molar-refractivity contribution is 7.89. The number of sulfonamides is 1. The van der Waals surface area contributed by atoms with E-state index < -0.39 is 15.8 Å². The minimum Gasteiger partial charge on any atom is -0.316 e. The van der Waals surface area contributed by atoms with Crippen LogP contribution < -0.4 is 10.0 Å². The molecule has 1 aromatic carbocycles. The molecule has 6 heteroatoms. The minimum atomic E-state index is -3.75. The van der Waals surface area contributed by atoms with E-state index >= 15 is 0 Å². The maximum atomic E-state index is 13.8. The first-order chi connectivity index (χ1) is 9.01. The molecule has 0 amide bonds. The summed E-state index contributed by atoms with van der Waals surface area (Å²) in [5, 5.41) is 2.89. The zero-order chi connectivity index (χ0) is 14.3. The van der Waals surface area contributed by atoms with E-state index in [1.54, 1.807) is 13.1 Å². The number of benzene rings is 1. The van der Waals surface area contributed by atoms with Gasteiger partial charge in [0.2, 0.25) is 10.0 Å². The van der Waals surface area contributed by atoms with Crippen LogP contribution >= 0.6 is 0 Å². The average Bonchev–Trinajstić information content (AvgIpc) is 2.35. The van der Waals surface area contributed by atoms with Crippen molar-refractivity contribution >= 4 is 10.0 Å². The van der Waals surface area contributed by atoms with Crippen molar-refractivity contribution in [3.05, 3.63) is 29.6 Å². The molecule has 1 rings (SSSR count). The van der Waals surface area contributed by atoms with Crippen molar-refractivity contribution in [2.24, 2.45) is 0 Å². The molecule has 0 heterocycles. The largest absolute Gasteiger partial charge is 0.316 e. The van der Waals surface area contributed by atoms with Crippen molar-refractivity contribution in [2.45, 2.75) is 37.6 Å². The molecule has 0 saturated carbocycles. The summed E-state index contributed by atoms with van der Waals surface area (Å²) >= 11 is 0. The van der Waals surface area contributed by atoms with Gasteiger partial charge in [-0.2, -0.15) is 0 Å². The normalized spacial score (nSPS) is 11.7. The van der Waals surface area contributed by atoms with Gasteiger partial charge in [-0.3, -0.25) is 0 Å². The van der Waals surface area contributed by atoms with Gasteiger partial charge in [0, 0.05) is 13.1 Å². The Hall–Kier alpha value is -0.980.